The van der Waals surface area contributed by atoms with Crippen molar-refractivity contribution in [2.24, 2.45) is 0 Å². The van der Waals surface area contributed by atoms with Crippen LogP contribution in [0.4, 0.5) is 24.9 Å². The van der Waals surface area contributed by atoms with Crippen molar-refractivity contribution in [3.8, 4) is 0 Å². The monoisotopic (exact) mass is 433 g/mol. The first-order valence-electron chi connectivity index (χ1n) is 10.7. The molecule has 6 nitrogen and oxygen atoms in total. The van der Waals surface area contributed by atoms with Gasteiger partial charge in [-0.1, -0.05) is 18.2 Å². The molecular weight excluding hydrogens is 407 g/mol. The Labute approximate surface area is 179 Å². The van der Waals surface area contributed by atoms with Crippen LogP contribution in [0.5, 0.6) is 0 Å². The molecule has 2 aliphatic rings. The summed E-state index contributed by atoms with van der Waals surface area (Å²) in [5.41, 5.74) is -0.347. The summed E-state index contributed by atoms with van der Waals surface area (Å²) in [5, 5.41) is 0. The van der Waals surface area contributed by atoms with Crippen LogP contribution >= 0.6 is 0 Å². The Morgan fingerprint density at radius 2 is 1.68 bits per heavy atom. The van der Waals surface area contributed by atoms with E-state index in [1.54, 1.807) is 17.2 Å². The van der Waals surface area contributed by atoms with Crippen LogP contribution in [0, 0.1) is 0 Å². The maximum Gasteiger partial charge on any atom is 0.416 e. The van der Waals surface area contributed by atoms with E-state index in [0.29, 0.717) is 31.7 Å². The van der Waals surface area contributed by atoms with Crippen LogP contribution in [0.25, 0.3) is 0 Å². The molecule has 1 aromatic carbocycles. The fourth-order valence-electron chi connectivity index (χ4n) is 4.09. The molecule has 31 heavy (non-hydrogen) atoms. The fraction of sp³-hybridized carbons (Fsp3) is 0.500. The lowest BCUT2D eigenvalue weighted by Crippen LogP contribution is -2.49. The maximum absolute atomic E-state index is 12.9. The van der Waals surface area contributed by atoms with E-state index < -0.39 is 11.7 Å². The largest absolute Gasteiger partial charge is 0.416 e. The molecule has 2 saturated heterocycles. The number of benzene rings is 1. The standard InChI is InChI=1S/C22H26F3N5O/c23-22(24,25)18-6-4-5-17(15-18)16-20(31)29-13-11-28(12-14-29)19-7-8-26-21(27-19)30-9-2-1-3-10-30/h4-8,15H,1-3,9-14,16H2. The summed E-state index contributed by atoms with van der Waals surface area (Å²) in [5.74, 6) is 1.44. The van der Waals surface area contributed by atoms with E-state index in [0.717, 1.165) is 49.8 Å². The molecule has 4 rings (SSSR count). The Bertz CT molecular complexity index is 906. The van der Waals surface area contributed by atoms with Gasteiger partial charge in [0.1, 0.15) is 5.82 Å². The highest BCUT2D eigenvalue weighted by molar-refractivity contribution is 5.79. The minimum atomic E-state index is -4.41. The van der Waals surface area contributed by atoms with Crippen LogP contribution in [0.2, 0.25) is 0 Å². The van der Waals surface area contributed by atoms with Crippen LogP contribution in [-0.2, 0) is 17.4 Å². The highest BCUT2D eigenvalue weighted by atomic mass is 19.4. The Kier molecular flexibility index (Phi) is 6.29. The van der Waals surface area contributed by atoms with Crippen molar-refractivity contribution in [3.05, 3.63) is 47.7 Å². The van der Waals surface area contributed by atoms with E-state index in [2.05, 4.69) is 14.8 Å². The lowest BCUT2D eigenvalue weighted by atomic mass is 10.1. The summed E-state index contributed by atoms with van der Waals surface area (Å²) in [4.78, 5) is 27.8. The quantitative estimate of drug-likeness (QED) is 0.740. The van der Waals surface area contributed by atoms with Crippen LogP contribution in [0.3, 0.4) is 0 Å². The van der Waals surface area contributed by atoms with Crippen molar-refractivity contribution >= 4 is 17.7 Å². The molecule has 166 valence electrons. The number of hydrogen-bond donors (Lipinski definition) is 0. The van der Waals surface area contributed by atoms with E-state index in [9.17, 15) is 18.0 Å². The molecule has 0 atom stereocenters. The van der Waals surface area contributed by atoms with Gasteiger partial charge in [-0.3, -0.25) is 4.79 Å². The topological polar surface area (TPSA) is 52.6 Å². The molecule has 0 saturated carbocycles. The minimum absolute atomic E-state index is 0.0312. The van der Waals surface area contributed by atoms with Crippen LogP contribution in [0.15, 0.2) is 36.5 Å². The Morgan fingerprint density at radius 1 is 0.935 bits per heavy atom. The molecule has 0 aliphatic carbocycles. The van der Waals surface area contributed by atoms with Gasteiger partial charge in [0.05, 0.1) is 12.0 Å². The predicted molar refractivity (Wildman–Crippen MR) is 112 cm³/mol. The highest BCUT2D eigenvalue weighted by Gasteiger charge is 2.31. The second-order valence-corrected chi connectivity index (χ2v) is 8.01. The number of halogens is 3. The number of anilines is 2. The third-order valence-electron chi connectivity index (χ3n) is 5.83. The first-order valence-corrected chi connectivity index (χ1v) is 10.7. The predicted octanol–water partition coefficient (Wildman–Crippen LogP) is 3.38. The van der Waals surface area contributed by atoms with Gasteiger partial charge >= 0.3 is 6.18 Å². The van der Waals surface area contributed by atoms with E-state index in [1.807, 2.05) is 6.07 Å². The average Bonchev–Trinajstić information content (AvgIpc) is 2.79. The molecule has 0 unspecified atom stereocenters. The van der Waals surface area contributed by atoms with Gasteiger partial charge in [0.15, 0.2) is 0 Å². The first kappa shape index (κ1) is 21.4. The van der Waals surface area contributed by atoms with Gasteiger partial charge in [0, 0.05) is 45.5 Å². The summed E-state index contributed by atoms with van der Waals surface area (Å²) in [7, 11) is 0. The number of carbonyl (C=O) groups is 1. The van der Waals surface area contributed by atoms with Gasteiger partial charge in [0.25, 0.3) is 0 Å². The van der Waals surface area contributed by atoms with Gasteiger partial charge in [0.2, 0.25) is 11.9 Å². The van der Waals surface area contributed by atoms with Crippen molar-refractivity contribution in [1.82, 2.24) is 14.9 Å². The summed E-state index contributed by atoms with van der Waals surface area (Å²) in [6.45, 7) is 4.24. The van der Waals surface area contributed by atoms with E-state index >= 15 is 0 Å². The molecule has 9 heteroatoms. The molecule has 0 spiro atoms. The lowest BCUT2D eigenvalue weighted by molar-refractivity contribution is -0.138. The van der Waals surface area contributed by atoms with Crippen molar-refractivity contribution in [2.75, 3.05) is 49.1 Å². The summed E-state index contributed by atoms with van der Waals surface area (Å²) < 4.78 is 38.7. The number of amides is 1. The first-order chi connectivity index (χ1) is 14.9. The van der Waals surface area contributed by atoms with Gasteiger partial charge in [-0.2, -0.15) is 18.2 Å². The molecule has 0 radical (unpaired) electrons. The number of aromatic nitrogens is 2. The zero-order chi connectivity index (χ0) is 21.8. The summed E-state index contributed by atoms with van der Waals surface area (Å²) in [6.07, 6.45) is 0.885. The Hall–Kier alpha value is -2.84. The zero-order valence-electron chi connectivity index (χ0n) is 17.3. The number of hydrogen-bond acceptors (Lipinski definition) is 5. The van der Waals surface area contributed by atoms with Crippen molar-refractivity contribution < 1.29 is 18.0 Å². The molecule has 1 amide bonds. The molecule has 2 aromatic rings. The van der Waals surface area contributed by atoms with Crippen molar-refractivity contribution in [2.45, 2.75) is 31.9 Å². The summed E-state index contributed by atoms with van der Waals surface area (Å²) in [6, 6.07) is 6.86. The number of nitrogens with zero attached hydrogens (tertiary/aromatic N) is 5. The van der Waals surface area contributed by atoms with E-state index in [1.165, 1.54) is 12.5 Å². The van der Waals surface area contributed by atoms with Crippen LogP contribution in [-0.4, -0.2) is 60.0 Å². The number of rotatable bonds is 4. The lowest BCUT2D eigenvalue weighted by Gasteiger charge is -2.36. The van der Waals surface area contributed by atoms with Crippen LogP contribution < -0.4 is 9.80 Å². The van der Waals surface area contributed by atoms with E-state index in [4.69, 9.17) is 4.98 Å². The fourth-order valence-corrected chi connectivity index (χ4v) is 4.09. The Morgan fingerprint density at radius 3 is 2.39 bits per heavy atom. The van der Waals surface area contributed by atoms with Crippen molar-refractivity contribution in [3.63, 3.8) is 0 Å². The van der Waals surface area contributed by atoms with Gasteiger partial charge in [-0.05, 0) is 37.0 Å². The molecular formula is C22H26F3N5O. The van der Waals surface area contributed by atoms with Gasteiger partial charge in [-0.25, -0.2) is 4.98 Å². The molecule has 0 bridgehead atoms. The molecule has 0 N–H and O–H groups in total. The van der Waals surface area contributed by atoms with Crippen molar-refractivity contribution in [1.29, 1.82) is 0 Å². The third kappa shape index (κ3) is 5.26. The third-order valence-corrected chi connectivity index (χ3v) is 5.83. The number of piperidine rings is 1. The second-order valence-electron chi connectivity index (χ2n) is 8.01. The zero-order valence-corrected chi connectivity index (χ0v) is 17.3. The molecule has 2 fully saturated rings. The highest BCUT2D eigenvalue weighted by Crippen LogP contribution is 2.29. The van der Waals surface area contributed by atoms with Gasteiger partial charge in [-0.15, -0.1) is 0 Å². The molecule has 3 heterocycles. The number of piperazine rings is 1. The second kappa shape index (κ2) is 9.11. The maximum atomic E-state index is 12.9. The SMILES string of the molecule is O=C(Cc1cccc(C(F)(F)F)c1)N1CCN(c2ccnc(N3CCCCC3)n2)CC1. The molecule has 2 aliphatic heterocycles. The van der Waals surface area contributed by atoms with Gasteiger partial charge < -0.3 is 14.7 Å². The molecule has 1 aromatic heterocycles. The van der Waals surface area contributed by atoms with Crippen LogP contribution in [0.1, 0.15) is 30.4 Å². The number of alkyl halides is 3. The number of carbonyl (C=O) groups excluding carboxylic acids is 1. The smallest absolute Gasteiger partial charge is 0.353 e. The Balaban J connectivity index is 1.34. The van der Waals surface area contributed by atoms with E-state index in [-0.39, 0.29) is 12.3 Å². The minimum Gasteiger partial charge on any atom is -0.353 e. The average molecular weight is 433 g/mol. The summed E-state index contributed by atoms with van der Waals surface area (Å²) >= 11 is 0. The normalized spacial score (nSPS) is 17.7.